The molecule has 1 aliphatic heterocycles. The predicted molar refractivity (Wildman–Crippen MR) is 74.9 cm³/mol. The van der Waals surface area contributed by atoms with Gasteiger partial charge >= 0.3 is 0 Å². The highest BCUT2D eigenvalue weighted by Crippen LogP contribution is 2.26. The first kappa shape index (κ1) is 13.8. The van der Waals surface area contributed by atoms with Crippen LogP contribution in [0.4, 0.5) is 0 Å². The Balaban J connectivity index is 2.21. The molecule has 18 heavy (non-hydrogen) atoms. The Labute approximate surface area is 114 Å². The first-order valence-electron chi connectivity index (χ1n) is 6.51. The Kier molecular flexibility index (Phi) is 5.01. The second-order valence-electron chi connectivity index (χ2n) is 4.86. The third-order valence-corrected chi connectivity index (χ3v) is 3.57. The molecule has 1 aromatic carbocycles. The van der Waals surface area contributed by atoms with E-state index < -0.39 is 0 Å². The minimum atomic E-state index is 0.0709. The summed E-state index contributed by atoms with van der Waals surface area (Å²) in [6, 6.07) is 8.29. The van der Waals surface area contributed by atoms with Crippen molar-refractivity contribution in [3.63, 3.8) is 0 Å². The van der Waals surface area contributed by atoms with Gasteiger partial charge in [-0.15, -0.1) is 0 Å². The van der Waals surface area contributed by atoms with Gasteiger partial charge in [-0.3, -0.25) is 4.90 Å². The van der Waals surface area contributed by atoms with E-state index in [1.165, 1.54) is 5.56 Å². The van der Waals surface area contributed by atoms with Crippen molar-refractivity contribution in [3.8, 4) is 0 Å². The Hall–Kier alpha value is -0.610. The largest absolute Gasteiger partial charge is 0.380 e. The lowest BCUT2D eigenvalue weighted by Crippen LogP contribution is -2.40. The zero-order valence-corrected chi connectivity index (χ0v) is 11.6. The van der Waals surface area contributed by atoms with E-state index in [-0.39, 0.29) is 12.1 Å². The molecule has 0 radical (unpaired) electrons. The summed E-state index contributed by atoms with van der Waals surface area (Å²) in [6.07, 6.45) is 1.06. The molecule has 0 bridgehead atoms. The number of halogens is 1. The average molecular weight is 269 g/mol. The highest BCUT2D eigenvalue weighted by Gasteiger charge is 2.24. The SMILES string of the molecule is CC(N)C(c1cccc(Cl)c1)N1CCCOCC1. The normalized spacial score (nSPS) is 21.3. The standard InChI is InChI=1S/C14H21ClN2O/c1-11(16)14(12-4-2-5-13(15)10-12)17-6-3-8-18-9-7-17/h2,4-5,10-11,14H,3,6-9,16H2,1H3. The highest BCUT2D eigenvalue weighted by atomic mass is 35.5. The Bertz CT molecular complexity index is 376. The molecule has 1 saturated heterocycles. The molecular formula is C14H21ClN2O. The summed E-state index contributed by atoms with van der Waals surface area (Å²) in [7, 11) is 0. The maximum Gasteiger partial charge on any atom is 0.0593 e. The number of nitrogens with zero attached hydrogens (tertiary/aromatic N) is 1. The van der Waals surface area contributed by atoms with Crippen LogP contribution < -0.4 is 5.73 Å². The van der Waals surface area contributed by atoms with Gasteiger partial charge in [-0.25, -0.2) is 0 Å². The van der Waals surface area contributed by atoms with Crippen molar-refractivity contribution in [1.29, 1.82) is 0 Å². The lowest BCUT2D eigenvalue weighted by molar-refractivity contribution is 0.127. The van der Waals surface area contributed by atoms with Gasteiger partial charge in [0.2, 0.25) is 0 Å². The third kappa shape index (κ3) is 3.45. The van der Waals surface area contributed by atoms with Crippen molar-refractivity contribution < 1.29 is 4.74 Å². The molecule has 0 aromatic heterocycles. The number of benzene rings is 1. The fourth-order valence-corrected chi connectivity index (χ4v) is 2.78. The quantitative estimate of drug-likeness (QED) is 0.915. The van der Waals surface area contributed by atoms with Crippen molar-refractivity contribution in [1.82, 2.24) is 4.90 Å². The van der Waals surface area contributed by atoms with E-state index in [0.717, 1.165) is 37.7 Å². The van der Waals surface area contributed by atoms with E-state index in [4.69, 9.17) is 22.1 Å². The summed E-state index contributed by atoms with van der Waals surface area (Å²) < 4.78 is 5.51. The first-order valence-corrected chi connectivity index (χ1v) is 6.89. The summed E-state index contributed by atoms with van der Waals surface area (Å²) in [6.45, 7) is 5.64. The molecule has 1 fully saturated rings. The number of nitrogens with two attached hydrogens (primary N) is 1. The molecule has 2 N–H and O–H groups in total. The van der Waals surface area contributed by atoms with Crippen LogP contribution in [0.15, 0.2) is 24.3 Å². The van der Waals surface area contributed by atoms with Crippen LogP contribution >= 0.6 is 11.6 Å². The zero-order chi connectivity index (χ0) is 13.0. The van der Waals surface area contributed by atoms with Crippen LogP contribution in [-0.2, 0) is 4.74 Å². The van der Waals surface area contributed by atoms with Gasteiger partial charge in [0.25, 0.3) is 0 Å². The Morgan fingerprint density at radius 1 is 1.33 bits per heavy atom. The maximum atomic E-state index is 6.18. The molecule has 0 saturated carbocycles. The second-order valence-corrected chi connectivity index (χ2v) is 5.30. The summed E-state index contributed by atoms with van der Waals surface area (Å²) >= 11 is 6.08. The highest BCUT2D eigenvalue weighted by molar-refractivity contribution is 6.30. The molecule has 2 unspecified atom stereocenters. The number of hydrogen-bond donors (Lipinski definition) is 1. The minimum absolute atomic E-state index is 0.0709. The van der Waals surface area contributed by atoms with Crippen LogP contribution in [0.2, 0.25) is 5.02 Å². The van der Waals surface area contributed by atoms with Crippen LogP contribution in [-0.4, -0.2) is 37.2 Å². The van der Waals surface area contributed by atoms with Crippen LogP contribution in [0.25, 0.3) is 0 Å². The smallest absolute Gasteiger partial charge is 0.0593 e. The van der Waals surface area contributed by atoms with Gasteiger partial charge < -0.3 is 10.5 Å². The van der Waals surface area contributed by atoms with Gasteiger partial charge in [-0.1, -0.05) is 23.7 Å². The molecule has 1 aromatic rings. The van der Waals surface area contributed by atoms with E-state index in [1.54, 1.807) is 0 Å². The van der Waals surface area contributed by atoms with E-state index in [0.29, 0.717) is 0 Å². The molecule has 3 nitrogen and oxygen atoms in total. The van der Waals surface area contributed by atoms with Crippen LogP contribution in [0.5, 0.6) is 0 Å². The second kappa shape index (κ2) is 6.53. The van der Waals surface area contributed by atoms with Gasteiger partial charge in [0, 0.05) is 36.8 Å². The van der Waals surface area contributed by atoms with Crippen molar-refractivity contribution in [3.05, 3.63) is 34.9 Å². The summed E-state index contributed by atoms with van der Waals surface area (Å²) in [5.74, 6) is 0. The topological polar surface area (TPSA) is 38.5 Å². The fourth-order valence-electron chi connectivity index (χ4n) is 2.58. The molecule has 2 rings (SSSR count). The van der Waals surface area contributed by atoms with Gasteiger partial charge in [-0.05, 0) is 31.0 Å². The number of hydrogen-bond acceptors (Lipinski definition) is 3. The third-order valence-electron chi connectivity index (χ3n) is 3.34. The van der Waals surface area contributed by atoms with Crippen LogP contribution in [0.3, 0.4) is 0 Å². The van der Waals surface area contributed by atoms with E-state index in [2.05, 4.69) is 17.9 Å². The molecule has 100 valence electrons. The van der Waals surface area contributed by atoms with E-state index >= 15 is 0 Å². The molecule has 1 heterocycles. The van der Waals surface area contributed by atoms with Crippen molar-refractivity contribution >= 4 is 11.6 Å². The monoisotopic (exact) mass is 268 g/mol. The van der Waals surface area contributed by atoms with Gasteiger partial charge in [-0.2, -0.15) is 0 Å². The molecular weight excluding hydrogens is 248 g/mol. The molecule has 0 amide bonds. The lowest BCUT2D eigenvalue weighted by atomic mass is 9.99. The fraction of sp³-hybridized carbons (Fsp3) is 0.571. The van der Waals surface area contributed by atoms with Crippen molar-refractivity contribution in [2.75, 3.05) is 26.3 Å². The summed E-state index contributed by atoms with van der Waals surface area (Å²) in [4.78, 5) is 2.41. The molecule has 0 aliphatic carbocycles. The molecule has 4 heteroatoms. The summed E-state index contributed by atoms with van der Waals surface area (Å²) in [5, 5.41) is 0.768. The molecule has 1 aliphatic rings. The van der Waals surface area contributed by atoms with Crippen LogP contribution in [0, 0.1) is 0 Å². The minimum Gasteiger partial charge on any atom is -0.380 e. The number of rotatable bonds is 3. The van der Waals surface area contributed by atoms with E-state index in [9.17, 15) is 0 Å². The lowest BCUT2D eigenvalue weighted by Gasteiger charge is -2.33. The van der Waals surface area contributed by atoms with Gasteiger partial charge in [0.1, 0.15) is 0 Å². The first-order chi connectivity index (χ1) is 8.68. The maximum absolute atomic E-state index is 6.18. The molecule has 0 spiro atoms. The Morgan fingerprint density at radius 3 is 2.89 bits per heavy atom. The Morgan fingerprint density at radius 2 is 2.17 bits per heavy atom. The number of ether oxygens (including phenoxy) is 1. The summed E-state index contributed by atoms with van der Waals surface area (Å²) in [5.41, 5.74) is 7.37. The van der Waals surface area contributed by atoms with E-state index in [1.807, 2.05) is 18.2 Å². The van der Waals surface area contributed by atoms with Gasteiger partial charge in [0.15, 0.2) is 0 Å². The zero-order valence-electron chi connectivity index (χ0n) is 10.8. The van der Waals surface area contributed by atoms with Gasteiger partial charge in [0.05, 0.1) is 6.61 Å². The predicted octanol–water partition coefficient (Wildman–Crippen LogP) is 2.45. The van der Waals surface area contributed by atoms with Crippen molar-refractivity contribution in [2.45, 2.75) is 25.4 Å². The van der Waals surface area contributed by atoms with Crippen LogP contribution in [0.1, 0.15) is 24.9 Å². The molecule has 2 atom stereocenters. The average Bonchev–Trinajstić information content (AvgIpc) is 2.58. The van der Waals surface area contributed by atoms with Crippen molar-refractivity contribution in [2.24, 2.45) is 5.73 Å².